The summed E-state index contributed by atoms with van der Waals surface area (Å²) in [6.45, 7) is 13.5. The number of benzene rings is 4. The number of hydrogen-bond donors (Lipinski definition) is 2. The number of thiol groups is 1. The molecule has 0 unspecified atom stereocenters. The van der Waals surface area contributed by atoms with Crippen molar-refractivity contribution in [3.05, 3.63) is 108 Å². The van der Waals surface area contributed by atoms with Gasteiger partial charge in [-0.1, -0.05) is 102 Å². The quantitative estimate of drug-likeness (QED) is 0.182. The molecule has 4 aromatic carbocycles. The van der Waals surface area contributed by atoms with E-state index < -0.39 is 26.8 Å². The maximum atomic E-state index is 12.0. The van der Waals surface area contributed by atoms with Crippen molar-refractivity contribution in [2.24, 2.45) is 0 Å². The molecule has 1 N–H and O–H groups in total. The maximum absolute atomic E-state index is 12.0. The van der Waals surface area contributed by atoms with Crippen molar-refractivity contribution in [3.63, 3.8) is 0 Å². The van der Waals surface area contributed by atoms with Crippen molar-refractivity contribution in [2.45, 2.75) is 68.3 Å². The SMILES string of the molecule is CC(C)(C)c1ccc(-c2cccc(S)c2-c2ccc(C(C)(C)C)cc2)cc1.O=S(=O)(O)c1ccc(C(F)(F)F)cc1. The van der Waals surface area contributed by atoms with Gasteiger partial charge in [-0.25, -0.2) is 0 Å². The van der Waals surface area contributed by atoms with Crippen molar-refractivity contribution < 1.29 is 26.1 Å². The van der Waals surface area contributed by atoms with Crippen LogP contribution in [-0.2, 0) is 27.1 Å². The van der Waals surface area contributed by atoms with E-state index in [1.165, 1.54) is 33.4 Å². The predicted octanol–water partition coefficient (Wildman–Crippen LogP) is 9.86. The number of alkyl halides is 3. The average Bonchev–Trinajstić information content (AvgIpc) is 2.87. The predicted molar refractivity (Wildman–Crippen MR) is 163 cm³/mol. The lowest BCUT2D eigenvalue weighted by molar-refractivity contribution is -0.137. The highest BCUT2D eigenvalue weighted by molar-refractivity contribution is 7.85. The van der Waals surface area contributed by atoms with E-state index in [1.807, 2.05) is 0 Å². The fraction of sp³-hybridized carbons (Fsp3) is 0.273. The topological polar surface area (TPSA) is 54.4 Å². The van der Waals surface area contributed by atoms with E-state index in [0.717, 1.165) is 4.90 Å². The van der Waals surface area contributed by atoms with Crippen LogP contribution in [0.5, 0.6) is 0 Å². The normalized spacial score (nSPS) is 12.5. The first kappa shape index (κ1) is 32.4. The van der Waals surface area contributed by atoms with Gasteiger partial charge in [0.1, 0.15) is 0 Å². The Bertz CT molecular complexity index is 1580. The van der Waals surface area contributed by atoms with Crippen LogP contribution in [0.3, 0.4) is 0 Å². The lowest BCUT2D eigenvalue weighted by Gasteiger charge is -2.21. The number of hydrogen-bond acceptors (Lipinski definition) is 3. The van der Waals surface area contributed by atoms with Crippen LogP contribution in [0.25, 0.3) is 22.3 Å². The largest absolute Gasteiger partial charge is 0.416 e. The van der Waals surface area contributed by atoms with Crippen LogP contribution < -0.4 is 0 Å². The third kappa shape index (κ3) is 8.47. The standard InChI is InChI=1S/C26H30S.C7H5F3O3S/c1-25(2,3)20-14-10-18(11-15-20)22-8-7-9-23(27)24(22)19-12-16-21(17-13-19)26(4,5)6;8-7(9,10)5-1-3-6(4-2-5)14(11,12)13/h7-17,27H,1-6H3;1-4H,(H,11,12,13). The molecule has 0 heterocycles. The monoisotopic (exact) mass is 600 g/mol. The Labute approximate surface area is 246 Å². The Hall–Kier alpha value is -3.07. The molecule has 218 valence electrons. The fourth-order valence-electron chi connectivity index (χ4n) is 4.19. The van der Waals surface area contributed by atoms with Crippen LogP contribution in [0.15, 0.2) is 101 Å². The Kier molecular flexibility index (Phi) is 9.53. The highest BCUT2D eigenvalue weighted by Crippen LogP contribution is 2.38. The molecule has 3 nitrogen and oxygen atoms in total. The molecule has 4 aromatic rings. The van der Waals surface area contributed by atoms with Gasteiger partial charge in [-0.2, -0.15) is 21.6 Å². The van der Waals surface area contributed by atoms with Gasteiger partial charge in [-0.3, -0.25) is 4.55 Å². The molecule has 4 rings (SSSR count). The van der Waals surface area contributed by atoms with Crippen LogP contribution >= 0.6 is 12.6 Å². The number of halogens is 3. The maximum Gasteiger partial charge on any atom is 0.416 e. The second-order valence-electron chi connectivity index (χ2n) is 11.9. The van der Waals surface area contributed by atoms with Gasteiger partial charge in [0, 0.05) is 10.5 Å². The highest BCUT2D eigenvalue weighted by atomic mass is 32.2. The minimum absolute atomic E-state index is 0.157. The summed E-state index contributed by atoms with van der Waals surface area (Å²) >= 11 is 4.78. The van der Waals surface area contributed by atoms with Gasteiger partial charge in [0.05, 0.1) is 10.5 Å². The van der Waals surface area contributed by atoms with Gasteiger partial charge in [0.25, 0.3) is 10.1 Å². The molecule has 0 saturated carbocycles. The van der Waals surface area contributed by atoms with Crippen LogP contribution in [0.1, 0.15) is 58.2 Å². The summed E-state index contributed by atoms with van der Waals surface area (Å²) in [5.41, 5.74) is 6.92. The van der Waals surface area contributed by atoms with Crippen LogP contribution in [0.4, 0.5) is 13.2 Å². The van der Waals surface area contributed by atoms with E-state index in [2.05, 4.69) is 108 Å². The first-order valence-electron chi connectivity index (χ1n) is 13.0. The minimum atomic E-state index is -4.52. The zero-order valence-electron chi connectivity index (χ0n) is 23.9. The summed E-state index contributed by atoms with van der Waals surface area (Å²) in [6.07, 6.45) is -4.52. The van der Waals surface area contributed by atoms with Gasteiger partial charge in [0.15, 0.2) is 0 Å². The third-order valence-corrected chi connectivity index (χ3v) is 7.86. The molecular weight excluding hydrogens is 565 g/mol. The molecule has 0 aromatic heterocycles. The molecule has 8 heteroatoms. The van der Waals surface area contributed by atoms with E-state index >= 15 is 0 Å². The summed E-state index contributed by atoms with van der Waals surface area (Å²) < 4.78 is 65.4. The lowest BCUT2D eigenvalue weighted by Crippen LogP contribution is -2.10. The van der Waals surface area contributed by atoms with Gasteiger partial charge in [-0.15, -0.1) is 12.6 Å². The zero-order chi connectivity index (χ0) is 30.8. The van der Waals surface area contributed by atoms with Crippen LogP contribution in [-0.4, -0.2) is 13.0 Å². The number of rotatable bonds is 3. The fourth-order valence-corrected chi connectivity index (χ4v) is 5.00. The molecule has 0 bridgehead atoms. The first-order valence-corrected chi connectivity index (χ1v) is 14.9. The Morgan fingerprint density at radius 3 is 1.41 bits per heavy atom. The lowest BCUT2D eigenvalue weighted by atomic mass is 9.84. The molecular formula is C33H35F3O3S2. The molecule has 0 radical (unpaired) electrons. The summed E-state index contributed by atoms with van der Waals surface area (Å²) in [4.78, 5) is 0.446. The van der Waals surface area contributed by atoms with Crippen molar-refractivity contribution >= 4 is 22.7 Å². The second-order valence-corrected chi connectivity index (χ2v) is 13.8. The van der Waals surface area contributed by atoms with Crippen molar-refractivity contribution in [1.82, 2.24) is 0 Å². The van der Waals surface area contributed by atoms with Gasteiger partial charge >= 0.3 is 6.18 Å². The summed E-state index contributed by atoms with van der Waals surface area (Å²) in [6, 6.07) is 26.8. The van der Waals surface area contributed by atoms with E-state index in [1.54, 1.807) is 0 Å². The molecule has 0 fully saturated rings. The van der Waals surface area contributed by atoms with E-state index in [4.69, 9.17) is 17.2 Å². The summed E-state index contributed by atoms with van der Waals surface area (Å²) in [7, 11) is -4.43. The van der Waals surface area contributed by atoms with Gasteiger partial charge in [-0.05, 0) is 69.0 Å². The summed E-state index contributed by atoms with van der Waals surface area (Å²) in [5, 5.41) is 0. The molecule has 0 amide bonds. The average molecular weight is 601 g/mol. The van der Waals surface area contributed by atoms with Crippen molar-refractivity contribution in [2.75, 3.05) is 0 Å². The smallest absolute Gasteiger partial charge is 0.282 e. The van der Waals surface area contributed by atoms with Gasteiger partial charge in [0.2, 0.25) is 0 Å². The van der Waals surface area contributed by atoms with Crippen molar-refractivity contribution in [1.29, 1.82) is 0 Å². The third-order valence-electron chi connectivity index (χ3n) is 6.62. The Balaban J connectivity index is 0.000000278. The highest BCUT2D eigenvalue weighted by Gasteiger charge is 2.30. The summed E-state index contributed by atoms with van der Waals surface area (Å²) in [5.74, 6) is 0. The molecule has 41 heavy (non-hydrogen) atoms. The Morgan fingerprint density at radius 2 is 1.02 bits per heavy atom. The Morgan fingerprint density at radius 1 is 0.610 bits per heavy atom. The molecule has 0 aliphatic rings. The first-order chi connectivity index (χ1) is 18.8. The molecule has 0 spiro atoms. The van der Waals surface area contributed by atoms with E-state index in [-0.39, 0.29) is 10.8 Å². The van der Waals surface area contributed by atoms with E-state index in [9.17, 15) is 21.6 Å². The minimum Gasteiger partial charge on any atom is -0.282 e. The molecule has 0 aliphatic carbocycles. The van der Waals surface area contributed by atoms with Crippen molar-refractivity contribution in [3.8, 4) is 22.3 Å². The van der Waals surface area contributed by atoms with Crippen LogP contribution in [0.2, 0.25) is 0 Å². The van der Waals surface area contributed by atoms with Crippen LogP contribution in [0, 0.1) is 0 Å². The molecule has 0 aliphatic heterocycles. The molecule has 0 atom stereocenters. The molecule has 0 saturated heterocycles. The van der Waals surface area contributed by atoms with Gasteiger partial charge < -0.3 is 0 Å². The second kappa shape index (κ2) is 12.0. The van der Waals surface area contributed by atoms with E-state index in [0.29, 0.717) is 24.3 Å². The zero-order valence-corrected chi connectivity index (χ0v) is 25.6.